The monoisotopic (exact) mass is 258 g/mol. The van der Waals surface area contributed by atoms with E-state index < -0.39 is 0 Å². The van der Waals surface area contributed by atoms with Crippen LogP contribution in [0.1, 0.15) is 31.0 Å². The van der Waals surface area contributed by atoms with Gasteiger partial charge < -0.3 is 10.5 Å². The second-order valence-electron chi connectivity index (χ2n) is 4.68. The van der Waals surface area contributed by atoms with Gasteiger partial charge in [0.15, 0.2) is 5.82 Å². The number of aryl methyl sites for hydroxylation is 1. The van der Waals surface area contributed by atoms with Crippen molar-refractivity contribution in [3.63, 3.8) is 0 Å². The van der Waals surface area contributed by atoms with Crippen molar-refractivity contribution in [3.8, 4) is 17.3 Å². The number of hydrogen-bond acceptors (Lipinski definition) is 5. The molecule has 0 bridgehead atoms. The Morgan fingerprint density at radius 1 is 1.21 bits per heavy atom. The van der Waals surface area contributed by atoms with E-state index in [2.05, 4.69) is 28.8 Å². The summed E-state index contributed by atoms with van der Waals surface area (Å²) < 4.78 is 5.03. The first-order valence-corrected chi connectivity index (χ1v) is 6.17. The highest BCUT2D eigenvalue weighted by molar-refractivity contribution is 5.58. The molecule has 19 heavy (non-hydrogen) atoms. The number of pyridine rings is 1. The molecule has 0 aromatic carbocycles. The van der Waals surface area contributed by atoms with E-state index in [1.54, 1.807) is 19.4 Å². The highest BCUT2D eigenvalue weighted by Gasteiger charge is 2.13. The molecule has 0 aliphatic carbocycles. The van der Waals surface area contributed by atoms with E-state index in [-0.39, 0.29) is 0 Å². The van der Waals surface area contributed by atoms with Crippen LogP contribution < -0.4 is 10.5 Å². The molecule has 0 aliphatic heterocycles. The second kappa shape index (κ2) is 5.22. The van der Waals surface area contributed by atoms with Gasteiger partial charge in [-0.05, 0) is 18.9 Å². The predicted molar refractivity (Wildman–Crippen MR) is 75.1 cm³/mol. The maximum Gasteiger partial charge on any atom is 0.212 e. The number of methoxy groups -OCH3 is 1. The minimum atomic E-state index is 0.308. The van der Waals surface area contributed by atoms with Gasteiger partial charge in [-0.1, -0.05) is 13.8 Å². The van der Waals surface area contributed by atoms with Crippen LogP contribution in [0, 0.1) is 6.92 Å². The van der Waals surface area contributed by atoms with E-state index in [0.717, 1.165) is 16.8 Å². The highest BCUT2D eigenvalue weighted by Crippen LogP contribution is 2.26. The van der Waals surface area contributed by atoms with Crippen molar-refractivity contribution in [3.05, 3.63) is 29.6 Å². The van der Waals surface area contributed by atoms with Gasteiger partial charge in [0.1, 0.15) is 5.82 Å². The van der Waals surface area contributed by atoms with Crippen molar-refractivity contribution in [2.24, 2.45) is 0 Å². The quantitative estimate of drug-likeness (QED) is 0.915. The molecule has 0 unspecified atom stereocenters. The van der Waals surface area contributed by atoms with Crippen molar-refractivity contribution in [1.82, 2.24) is 15.0 Å². The van der Waals surface area contributed by atoms with Crippen molar-refractivity contribution >= 4 is 5.82 Å². The van der Waals surface area contributed by atoms with Crippen LogP contribution in [-0.2, 0) is 0 Å². The average Bonchev–Trinajstić information content (AvgIpc) is 2.37. The lowest BCUT2D eigenvalue weighted by Crippen LogP contribution is -2.06. The summed E-state index contributed by atoms with van der Waals surface area (Å²) in [6.45, 7) is 6.11. The summed E-state index contributed by atoms with van der Waals surface area (Å²) in [4.78, 5) is 13.0. The Hall–Kier alpha value is -2.17. The van der Waals surface area contributed by atoms with Gasteiger partial charge in [-0.2, -0.15) is 0 Å². The van der Waals surface area contributed by atoms with Crippen LogP contribution in [0.15, 0.2) is 18.3 Å². The Balaban J connectivity index is 2.45. The van der Waals surface area contributed by atoms with Gasteiger partial charge in [-0.15, -0.1) is 0 Å². The number of anilines is 1. The van der Waals surface area contributed by atoms with Gasteiger partial charge in [0.25, 0.3) is 0 Å². The molecule has 2 aromatic rings. The molecule has 0 atom stereocenters. The van der Waals surface area contributed by atoms with E-state index in [1.165, 1.54) is 0 Å². The Labute approximate surface area is 112 Å². The third kappa shape index (κ3) is 2.65. The zero-order valence-electron chi connectivity index (χ0n) is 11.6. The normalized spacial score (nSPS) is 10.8. The second-order valence-corrected chi connectivity index (χ2v) is 4.68. The van der Waals surface area contributed by atoms with Gasteiger partial charge in [0, 0.05) is 29.1 Å². The van der Waals surface area contributed by atoms with Crippen molar-refractivity contribution in [1.29, 1.82) is 0 Å². The molecule has 2 rings (SSSR count). The fourth-order valence-electron chi connectivity index (χ4n) is 2.08. The van der Waals surface area contributed by atoms with E-state index in [9.17, 15) is 0 Å². The molecular formula is C14H18N4O. The van der Waals surface area contributed by atoms with Crippen LogP contribution in [0.3, 0.4) is 0 Å². The molecule has 2 heterocycles. The molecular weight excluding hydrogens is 240 g/mol. The third-order valence-corrected chi connectivity index (χ3v) is 2.95. The minimum absolute atomic E-state index is 0.308. The van der Waals surface area contributed by atoms with Crippen LogP contribution in [-0.4, -0.2) is 22.1 Å². The van der Waals surface area contributed by atoms with Crippen LogP contribution in [0.2, 0.25) is 0 Å². The van der Waals surface area contributed by atoms with Crippen LogP contribution in [0.5, 0.6) is 5.88 Å². The van der Waals surface area contributed by atoms with Crippen molar-refractivity contribution in [2.45, 2.75) is 26.7 Å². The molecule has 0 radical (unpaired) electrons. The van der Waals surface area contributed by atoms with Crippen LogP contribution in [0.4, 0.5) is 5.82 Å². The molecule has 2 N–H and O–H groups in total. The molecule has 0 saturated carbocycles. The molecule has 0 amide bonds. The van der Waals surface area contributed by atoms with E-state index in [1.807, 2.05) is 13.0 Å². The zero-order valence-corrected chi connectivity index (χ0v) is 11.6. The number of nitrogens with zero attached hydrogens (tertiary/aromatic N) is 3. The third-order valence-electron chi connectivity index (χ3n) is 2.95. The molecule has 0 spiro atoms. The highest BCUT2D eigenvalue weighted by atomic mass is 16.5. The van der Waals surface area contributed by atoms with Crippen molar-refractivity contribution < 1.29 is 4.74 Å². The maximum absolute atomic E-state index is 6.02. The van der Waals surface area contributed by atoms with Crippen molar-refractivity contribution in [2.75, 3.05) is 12.8 Å². The maximum atomic E-state index is 6.02. The number of nitrogens with two attached hydrogens (primary N) is 1. The molecule has 0 saturated heterocycles. The summed E-state index contributed by atoms with van der Waals surface area (Å²) in [5.41, 5.74) is 8.76. The summed E-state index contributed by atoms with van der Waals surface area (Å²) in [7, 11) is 1.58. The molecule has 5 heteroatoms. The lowest BCUT2D eigenvalue weighted by atomic mass is 10.0. The fourth-order valence-corrected chi connectivity index (χ4v) is 2.08. The Morgan fingerprint density at radius 3 is 2.42 bits per heavy atom. The molecule has 5 nitrogen and oxygen atoms in total. The molecule has 100 valence electrons. The largest absolute Gasteiger partial charge is 0.481 e. The van der Waals surface area contributed by atoms with E-state index in [4.69, 9.17) is 10.5 Å². The predicted octanol–water partition coefficient (Wildman–Crippen LogP) is 2.56. The standard InChI is InChI=1S/C14H18N4O/c1-8(2)12-9(3)17-14(18-13(12)15)10-5-6-11(19-4)16-7-10/h5-8H,1-4H3,(H2,15,17,18). The first-order chi connectivity index (χ1) is 9.02. The summed E-state index contributed by atoms with van der Waals surface area (Å²) in [5.74, 6) is 2.00. The summed E-state index contributed by atoms with van der Waals surface area (Å²) >= 11 is 0. The molecule has 2 aromatic heterocycles. The molecule has 0 fully saturated rings. The summed E-state index contributed by atoms with van der Waals surface area (Å²) in [6, 6.07) is 3.65. The minimum Gasteiger partial charge on any atom is -0.481 e. The lowest BCUT2D eigenvalue weighted by molar-refractivity contribution is 0.398. The average molecular weight is 258 g/mol. The van der Waals surface area contributed by atoms with Crippen LogP contribution in [0.25, 0.3) is 11.4 Å². The number of rotatable bonds is 3. The van der Waals surface area contributed by atoms with Crippen LogP contribution >= 0.6 is 0 Å². The van der Waals surface area contributed by atoms with Gasteiger partial charge in [0.2, 0.25) is 5.88 Å². The number of aromatic nitrogens is 3. The number of nitrogen functional groups attached to an aromatic ring is 1. The Bertz CT molecular complexity index is 555. The number of ether oxygens (including phenoxy) is 1. The van der Waals surface area contributed by atoms with E-state index >= 15 is 0 Å². The summed E-state index contributed by atoms with van der Waals surface area (Å²) in [6.07, 6.45) is 1.68. The SMILES string of the molecule is COc1ccc(-c2nc(C)c(C(C)C)c(N)n2)cn1. The van der Waals surface area contributed by atoms with Gasteiger partial charge >= 0.3 is 0 Å². The van der Waals surface area contributed by atoms with Gasteiger partial charge in [0.05, 0.1) is 7.11 Å². The van der Waals surface area contributed by atoms with E-state index in [0.29, 0.717) is 23.4 Å². The Kier molecular flexibility index (Phi) is 3.64. The fraction of sp³-hybridized carbons (Fsp3) is 0.357. The van der Waals surface area contributed by atoms with Gasteiger partial charge in [-0.3, -0.25) is 0 Å². The Morgan fingerprint density at radius 2 is 1.95 bits per heavy atom. The molecule has 0 aliphatic rings. The first kappa shape index (κ1) is 13.3. The zero-order chi connectivity index (χ0) is 14.0. The lowest BCUT2D eigenvalue weighted by Gasteiger charge is -2.13. The van der Waals surface area contributed by atoms with Gasteiger partial charge in [-0.25, -0.2) is 15.0 Å². The first-order valence-electron chi connectivity index (χ1n) is 6.17. The number of hydrogen-bond donors (Lipinski definition) is 1. The summed E-state index contributed by atoms with van der Waals surface area (Å²) in [5, 5.41) is 0. The topological polar surface area (TPSA) is 73.9 Å². The smallest absolute Gasteiger partial charge is 0.212 e.